The maximum atomic E-state index is 4.68. The summed E-state index contributed by atoms with van der Waals surface area (Å²) < 4.78 is 2.86. The average Bonchev–Trinajstić information content (AvgIpc) is 3.24. The van der Waals surface area contributed by atoms with E-state index in [2.05, 4.69) is 75.0 Å². The van der Waals surface area contributed by atoms with Gasteiger partial charge in [0, 0.05) is 4.47 Å². The minimum absolute atomic E-state index is 0.509. The first-order valence-electron chi connectivity index (χ1n) is 8.39. The predicted octanol–water partition coefficient (Wildman–Crippen LogP) is 4.24. The van der Waals surface area contributed by atoms with E-state index >= 15 is 0 Å². The molecule has 0 atom stereocenters. The predicted molar refractivity (Wildman–Crippen MR) is 110 cm³/mol. The Morgan fingerprint density at radius 2 is 1.74 bits per heavy atom. The topological polar surface area (TPSA) is 61.4 Å². The highest BCUT2D eigenvalue weighted by Crippen LogP contribution is 2.28. The summed E-state index contributed by atoms with van der Waals surface area (Å²) in [5.41, 5.74) is 5.14. The van der Waals surface area contributed by atoms with Gasteiger partial charge in [-0.05, 0) is 47.9 Å². The molecule has 4 aromatic rings. The summed E-state index contributed by atoms with van der Waals surface area (Å²) in [6.45, 7) is 4.67. The molecular formula is C19H17BrN6S. The molecule has 0 aliphatic rings. The molecule has 2 aromatic carbocycles. The van der Waals surface area contributed by atoms with Crippen molar-refractivity contribution in [1.29, 1.82) is 0 Å². The van der Waals surface area contributed by atoms with Crippen LogP contribution < -0.4 is 0 Å². The molecule has 0 aliphatic heterocycles. The molecular weight excluding hydrogens is 424 g/mol. The van der Waals surface area contributed by atoms with Crippen LogP contribution in [0, 0.1) is 13.8 Å². The third kappa shape index (κ3) is 3.54. The van der Waals surface area contributed by atoms with Crippen molar-refractivity contribution in [3.63, 3.8) is 0 Å². The second-order valence-corrected chi connectivity index (χ2v) is 7.64. The summed E-state index contributed by atoms with van der Waals surface area (Å²) in [6.07, 6.45) is 1.73. The number of rotatable bonds is 4. The summed E-state index contributed by atoms with van der Waals surface area (Å²) in [6, 6.07) is 14.2. The van der Waals surface area contributed by atoms with Gasteiger partial charge < -0.3 is 0 Å². The fraction of sp³-hybridized carbons (Fsp3) is 0.158. The SMILES string of the molecule is Cc1cccc(C)c1-n1ncc(-c2nnn(Cc3ccc(Br)cc3)n2)c1S. The first-order chi connectivity index (χ1) is 13.0. The molecule has 2 heterocycles. The van der Waals surface area contributed by atoms with Gasteiger partial charge in [-0.3, -0.25) is 0 Å². The highest BCUT2D eigenvalue weighted by molar-refractivity contribution is 9.10. The largest absolute Gasteiger partial charge is 0.226 e. The van der Waals surface area contributed by atoms with Crippen LogP contribution in [-0.2, 0) is 6.54 Å². The number of aryl methyl sites for hydroxylation is 2. The fourth-order valence-corrected chi connectivity index (χ4v) is 3.55. The van der Waals surface area contributed by atoms with Gasteiger partial charge in [-0.2, -0.15) is 9.90 Å². The smallest absolute Gasteiger partial charge is 0.209 e. The minimum atomic E-state index is 0.509. The number of nitrogens with zero attached hydrogens (tertiary/aromatic N) is 6. The highest BCUT2D eigenvalue weighted by atomic mass is 79.9. The van der Waals surface area contributed by atoms with E-state index in [0.717, 1.165) is 32.4 Å². The molecule has 136 valence electrons. The number of thiol groups is 1. The third-order valence-corrected chi connectivity index (χ3v) is 5.29. The molecule has 0 fully saturated rings. The van der Waals surface area contributed by atoms with Gasteiger partial charge in [-0.1, -0.05) is 46.3 Å². The molecule has 0 bridgehead atoms. The summed E-state index contributed by atoms with van der Waals surface area (Å²) >= 11 is 8.11. The number of para-hydroxylation sites is 1. The summed E-state index contributed by atoms with van der Waals surface area (Å²) in [5, 5.41) is 18.0. The second-order valence-electron chi connectivity index (χ2n) is 6.30. The Morgan fingerprint density at radius 1 is 1.04 bits per heavy atom. The number of tetrazole rings is 1. The number of hydrogen-bond acceptors (Lipinski definition) is 5. The Kier molecular flexibility index (Phi) is 4.84. The van der Waals surface area contributed by atoms with Crippen LogP contribution in [0.4, 0.5) is 0 Å². The van der Waals surface area contributed by atoms with E-state index in [1.807, 2.05) is 35.0 Å². The maximum Gasteiger partial charge on any atom is 0.209 e. The zero-order valence-electron chi connectivity index (χ0n) is 14.8. The highest BCUT2D eigenvalue weighted by Gasteiger charge is 2.17. The van der Waals surface area contributed by atoms with Gasteiger partial charge in [-0.25, -0.2) is 4.68 Å². The molecule has 6 nitrogen and oxygen atoms in total. The summed E-state index contributed by atoms with van der Waals surface area (Å²) in [7, 11) is 0. The van der Waals surface area contributed by atoms with Gasteiger partial charge in [0.25, 0.3) is 0 Å². The van der Waals surface area contributed by atoms with E-state index in [1.54, 1.807) is 11.0 Å². The molecule has 0 unspecified atom stereocenters. The maximum absolute atomic E-state index is 4.68. The van der Waals surface area contributed by atoms with Crippen molar-refractivity contribution < 1.29 is 0 Å². The Balaban J connectivity index is 1.65. The zero-order chi connectivity index (χ0) is 19.0. The molecule has 8 heteroatoms. The zero-order valence-corrected chi connectivity index (χ0v) is 17.3. The van der Waals surface area contributed by atoms with E-state index in [0.29, 0.717) is 17.4 Å². The number of halogens is 1. The van der Waals surface area contributed by atoms with Crippen LogP contribution in [0.5, 0.6) is 0 Å². The van der Waals surface area contributed by atoms with Gasteiger partial charge in [0.05, 0.1) is 24.0 Å². The lowest BCUT2D eigenvalue weighted by Crippen LogP contribution is -2.04. The molecule has 4 rings (SSSR count). The van der Waals surface area contributed by atoms with Crippen molar-refractivity contribution in [1.82, 2.24) is 30.0 Å². The first kappa shape index (κ1) is 17.9. The van der Waals surface area contributed by atoms with Crippen molar-refractivity contribution in [3.8, 4) is 17.1 Å². The Bertz CT molecular complexity index is 1080. The lowest BCUT2D eigenvalue weighted by molar-refractivity contribution is 0.573. The Labute approximate surface area is 170 Å². The van der Waals surface area contributed by atoms with Gasteiger partial charge in [0.15, 0.2) is 0 Å². The van der Waals surface area contributed by atoms with Gasteiger partial charge in [0.1, 0.15) is 5.03 Å². The quantitative estimate of drug-likeness (QED) is 0.482. The molecule has 0 N–H and O–H groups in total. The van der Waals surface area contributed by atoms with Crippen LogP contribution in [0.2, 0.25) is 0 Å². The molecule has 0 aliphatic carbocycles. The Hall–Kier alpha value is -2.45. The summed E-state index contributed by atoms with van der Waals surface area (Å²) in [5.74, 6) is 0.509. The van der Waals surface area contributed by atoms with Crippen LogP contribution in [-0.4, -0.2) is 30.0 Å². The molecule has 0 amide bonds. The fourth-order valence-electron chi connectivity index (χ4n) is 2.97. The Morgan fingerprint density at radius 3 is 2.44 bits per heavy atom. The normalized spacial score (nSPS) is 11.1. The third-order valence-electron chi connectivity index (χ3n) is 4.33. The van der Waals surface area contributed by atoms with Gasteiger partial charge in [0.2, 0.25) is 5.82 Å². The van der Waals surface area contributed by atoms with Crippen LogP contribution in [0.3, 0.4) is 0 Å². The molecule has 2 aromatic heterocycles. The van der Waals surface area contributed by atoms with Crippen molar-refractivity contribution in [3.05, 3.63) is 69.8 Å². The van der Waals surface area contributed by atoms with E-state index in [1.165, 1.54) is 0 Å². The average molecular weight is 441 g/mol. The van der Waals surface area contributed by atoms with Crippen molar-refractivity contribution in [2.45, 2.75) is 25.4 Å². The number of aromatic nitrogens is 6. The second kappa shape index (κ2) is 7.28. The van der Waals surface area contributed by atoms with Crippen molar-refractivity contribution in [2.24, 2.45) is 0 Å². The molecule has 0 radical (unpaired) electrons. The molecule has 0 saturated heterocycles. The van der Waals surface area contributed by atoms with Crippen LogP contribution in [0.25, 0.3) is 17.1 Å². The molecule has 0 spiro atoms. The minimum Gasteiger partial charge on any atom is -0.226 e. The lowest BCUT2D eigenvalue weighted by atomic mass is 10.1. The van der Waals surface area contributed by atoms with Crippen molar-refractivity contribution >= 4 is 28.6 Å². The van der Waals surface area contributed by atoms with Gasteiger partial charge in [-0.15, -0.1) is 22.8 Å². The van der Waals surface area contributed by atoms with E-state index in [-0.39, 0.29) is 0 Å². The van der Waals surface area contributed by atoms with E-state index in [4.69, 9.17) is 0 Å². The number of benzene rings is 2. The first-order valence-corrected chi connectivity index (χ1v) is 9.63. The van der Waals surface area contributed by atoms with E-state index in [9.17, 15) is 0 Å². The molecule has 0 saturated carbocycles. The van der Waals surface area contributed by atoms with Crippen LogP contribution >= 0.6 is 28.6 Å². The number of hydrogen-bond donors (Lipinski definition) is 1. The van der Waals surface area contributed by atoms with E-state index < -0.39 is 0 Å². The summed E-state index contributed by atoms with van der Waals surface area (Å²) in [4.78, 5) is 1.57. The van der Waals surface area contributed by atoms with Crippen LogP contribution in [0.1, 0.15) is 16.7 Å². The van der Waals surface area contributed by atoms with Crippen LogP contribution in [0.15, 0.2) is 58.2 Å². The molecule has 27 heavy (non-hydrogen) atoms. The van der Waals surface area contributed by atoms with Crippen molar-refractivity contribution in [2.75, 3.05) is 0 Å². The standard InChI is InChI=1S/C19H17BrN6S/c1-12-4-3-5-13(2)17(12)26-19(27)16(10-21-26)18-22-24-25(23-18)11-14-6-8-15(20)9-7-14/h3-10,27H,11H2,1-2H3. The lowest BCUT2D eigenvalue weighted by Gasteiger charge is -2.11. The monoisotopic (exact) mass is 440 g/mol. The van der Waals surface area contributed by atoms with Gasteiger partial charge >= 0.3 is 0 Å².